The summed E-state index contributed by atoms with van der Waals surface area (Å²) in [5.41, 5.74) is 4.08. The van der Waals surface area contributed by atoms with Crippen molar-refractivity contribution in [2.75, 3.05) is 36.6 Å². The second kappa shape index (κ2) is 11.4. The van der Waals surface area contributed by atoms with Crippen LogP contribution in [0.5, 0.6) is 0 Å². The molecular weight excluding hydrogens is 589 g/mol. The molecule has 2 aromatic rings. The van der Waals surface area contributed by atoms with Gasteiger partial charge in [-0.1, -0.05) is 40.0 Å². The first-order valence-electron chi connectivity index (χ1n) is 10.1. The first-order chi connectivity index (χ1) is 17.6. The number of carboxylic acid groups (broad SMARTS) is 2. The van der Waals surface area contributed by atoms with Gasteiger partial charge in [-0.25, -0.2) is 0 Å². The Hall–Kier alpha value is -2.68. The van der Waals surface area contributed by atoms with Gasteiger partial charge >= 0.3 is 11.9 Å². The number of fused-ring (bicyclic) bond motifs is 1. The van der Waals surface area contributed by atoms with Crippen molar-refractivity contribution in [3.8, 4) is 0 Å². The maximum atomic E-state index is 12.9. The highest BCUT2D eigenvalue weighted by Gasteiger charge is 2.57. The van der Waals surface area contributed by atoms with Gasteiger partial charge in [-0.05, 0) is 0 Å². The molecule has 2 fully saturated rings. The van der Waals surface area contributed by atoms with Crippen molar-refractivity contribution < 1.29 is 34.2 Å². The SMILES string of the molecule is CON=C(C(=O)NC1C(=O)N2CC(CSc3nnc(SCC(=O)O)s3)(C(=O)O)CS[C@H]12)c1nsc(N)n1. The minimum absolute atomic E-state index is 0.0371. The largest absolute Gasteiger partial charge is 0.481 e. The summed E-state index contributed by atoms with van der Waals surface area (Å²) in [6, 6.07) is -0.882. The van der Waals surface area contributed by atoms with E-state index < -0.39 is 40.6 Å². The quantitative estimate of drug-likeness (QED) is 0.112. The van der Waals surface area contributed by atoms with Crippen LogP contribution in [-0.2, 0) is 24.0 Å². The lowest BCUT2D eigenvalue weighted by Gasteiger charge is -2.53. The number of rotatable bonds is 11. The third-order valence-electron chi connectivity index (χ3n) is 5.12. The zero-order valence-corrected chi connectivity index (χ0v) is 22.8. The number of hydrogen-bond donors (Lipinski definition) is 4. The minimum atomic E-state index is -1.25. The van der Waals surface area contributed by atoms with E-state index in [0.29, 0.717) is 8.68 Å². The van der Waals surface area contributed by atoms with E-state index in [1.165, 1.54) is 46.9 Å². The summed E-state index contributed by atoms with van der Waals surface area (Å²) in [6.07, 6.45) is 0. The van der Waals surface area contributed by atoms with Crippen LogP contribution in [-0.4, -0.2) is 106 Å². The summed E-state index contributed by atoms with van der Waals surface area (Å²) in [7, 11) is 1.25. The average Bonchev–Trinajstić information content (AvgIpc) is 3.51. The molecule has 4 rings (SSSR count). The molecule has 0 radical (unpaired) electrons. The molecule has 2 unspecified atom stereocenters. The van der Waals surface area contributed by atoms with Crippen molar-refractivity contribution in [3.63, 3.8) is 0 Å². The molecule has 4 heterocycles. The fraction of sp³-hybridized carbons (Fsp3) is 0.471. The number of nitrogens with two attached hydrogens (primary N) is 1. The van der Waals surface area contributed by atoms with Crippen LogP contribution in [0.2, 0.25) is 0 Å². The van der Waals surface area contributed by atoms with Crippen molar-refractivity contribution in [2.45, 2.75) is 20.1 Å². The van der Waals surface area contributed by atoms with Crippen molar-refractivity contribution in [2.24, 2.45) is 10.6 Å². The van der Waals surface area contributed by atoms with Crippen molar-refractivity contribution in [1.82, 2.24) is 29.8 Å². The number of carboxylic acids is 2. The lowest BCUT2D eigenvalue weighted by atomic mass is 9.89. The third kappa shape index (κ3) is 5.92. The fourth-order valence-corrected chi connectivity index (χ4v) is 8.40. The number of hydrogen-bond acceptors (Lipinski definition) is 16. The van der Waals surface area contributed by atoms with Gasteiger partial charge in [0, 0.05) is 29.6 Å². The molecule has 2 aliphatic heterocycles. The standard InChI is InChI=1S/C17H18N8O7S5/c1-32-23-7(9-20-14(18)37-24-9)10(28)19-8-11(29)25-3-17(13(30)31,4-34-12(8)25)5-35-16-22-21-15(36-16)33-2-6(26)27/h8,12H,2-5H2,1H3,(H,19,28)(H,26,27)(H,30,31)(H2,18,20,24)/t8?,12-,17?/m1/s1. The Bertz CT molecular complexity index is 1250. The van der Waals surface area contributed by atoms with Crippen LogP contribution in [0.4, 0.5) is 5.13 Å². The average molecular weight is 607 g/mol. The number of amides is 2. The molecule has 0 saturated carbocycles. The topological polar surface area (TPSA) is 223 Å². The number of nitrogens with zero attached hydrogens (tertiary/aromatic N) is 6. The molecule has 0 aromatic carbocycles. The highest BCUT2D eigenvalue weighted by atomic mass is 32.2. The minimum Gasteiger partial charge on any atom is -0.481 e. The van der Waals surface area contributed by atoms with Gasteiger partial charge in [-0.2, -0.15) is 9.36 Å². The molecule has 37 heavy (non-hydrogen) atoms. The normalized spacial score (nSPS) is 23.2. The predicted octanol–water partition coefficient (Wildman–Crippen LogP) is -0.238. The molecule has 20 heteroatoms. The zero-order valence-electron chi connectivity index (χ0n) is 18.7. The number of thioether (sulfide) groups is 3. The number of nitrogen functional groups attached to an aromatic ring is 1. The monoisotopic (exact) mass is 606 g/mol. The van der Waals surface area contributed by atoms with Gasteiger partial charge < -0.3 is 31.0 Å². The second-order valence-corrected chi connectivity index (χ2v) is 12.9. The third-order valence-corrected chi connectivity index (χ3v) is 10.7. The lowest BCUT2D eigenvalue weighted by Crippen LogP contribution is -2.74. The van der Waals surface area contributed by atoms with E-state index in [2.05, 4.69) is 30.0 Å². The molecule has 2 amide bonds. The van der Waals surface area contributed by atoms with Gasteiger partial charge in [0.15, 0.2) is 13.8 Å². The van der Waals surface area contributed by atoms with Crippen molar-refractivity contribution in [3.05, 3.63) is 5.82 Å². The maximum Gasteiger partial charge on any atom is 0.313 e. The van der Waals surface area contributed by atoms with Crippen LogP contribution in [0.3, 0.4) is 0 Å². The Morgan fingerprint density at radius 1 is 1.30 bits per heavy atom. The Morgan fingerprint density at radius 2 is 2.03 bits per heavy atom. The Labute approximate surface area is 229 Å². The zero-order chi connectivity index (χ0) is 26.7. The molecule has 2 aliphatic rings. The summed E-state index contributed by atoms with van der Waals surface area (Å²) < 4.78 is 4.91. The van der Waals surface area contributed by atoms with Crippen LogP contribution in [0.25, 0.3) is 0 Å². The molecule has 0 bridgehead atoms. The van der Waals surface area contributed by atoms with E-state index >= 15 is 0 Å². The maximum absolute atomic E-state index is 12.9. The smallest absolute Gasteiger partial charge is 0.313 e. The molecule has 3 atom stereocenters. The number of aromatic nitrogens is 4. The molecule has 2 aromatic heterocycles. The van der Waals surface area contributed by atoms with Crippen LogP contribution >= 0.6 is 58.2 Å². The number of carbonyl (C=O) groups excluding carboxylic acids is 2. The summed E-state index contributed by atoms with van der Waals surface area (Å²) in [5.74, 6) is -3.06. The number of oxime groups is 1. The van der Waals surface area contributed by atoms with E-state index in [4.69, 9.17) is 15.7 Å². The molecule has 15 nitrogen and oxygen atoms in total. The van der Waals surface area contributed by atoms with Gasteiger partial charge in [0.2, 0.25) is 17.4 Å². The van der Waals surface area contributed by atoms with E-state index in [1.807, 2.05) is 0 Å². The first-order valence-corrected chi connectivity index (χ1v) is 14.7. The molecule has 5 N–H and O–H groups in total. The van der Waals surface area contributed by atoms with Gasteiger partial charge in [0.25, 0.3) is 5.91 Å². The van der Waals surface area contributed by atoms with Crippen molar-refractivity contribution in [1.29, 1.82) is 0 Å². The fourth-order valence-electron chi connectivity index (χ4n) is 3.36. The van der Waals surface area contributed by atoms with Crippen LogP contribution in [0, 0.1) is 5.41 Å². The number of β-lactam (4-membered cyclic amide) rings is 1. The Kier molecular flexibility index (Phi) is 8.41. The van der Waals surface area contributed by atoms with Crippen LogP contribution in [0.1, 0.15) is 5.82 Å². The van der Waals surface area contributed by atoms with E-state index in [-0.39, 0.29) is 40.5 Å². The van der Waals surface area contributed by atoms with Crippen LogP contribution in [0.15, 0.2) is 13.8 Å². The first kappa shape index (κ1) is 27.4. The summed E-state index contributed by atoms with van der Waals surface area (Å²) in [5, 5.41) is 32.6. The van der Waals surface area contributed by atoms with E-state index in [9.17, 15) is 24.3 Å². The summed E-state index contributed by atoms with van der Waals surface area (Å²) >= 11 is 5.52. The number of carbonyl (C=O) groups is 4. The van der Waals surface area contributed by atoms with Gasteiger partial charge in [0.05, 0.1) is 5.75 Å². The highest BCUT2D eigenvalue weighted by molar-refractivity contribution is 8.03. The molecule has 198 valence electrons. The lowest BCUT2D eigenvalue weighted by molar-refractivity contribution is -0.157. The highest BCUT2D eigenvalue weighted by Crippen LogP contribution is 2.45. The van der Waals surface area contributed by atoms with Gasteiger partial charge in [0.1, 0.15) is 23.9 Å². The van der Waals surface area contributed by atoms with Gasteiger partial charge in [-0.15, -0.1) is 22.0 Å². The molecule has 0 aliphatic carbocycles. The van der Waals surface area contributed by atoms with E-state index in [0.717, 1.165) is 23.3 Å². The Balaban J connectivity index is 1.38. The summed E-state index contributed by atoms with van der Waals surface area (Å²) in [6.45, 7) is -0.0409. The predicted molar refractivity (Wildman–Crippen MR) is 137 cm³/mol. The van der Waals surface area contributed by atoms with Crippen LogP contribution < -0.4 is 11.1 Å². The number of aliphatic carboxylic acids is 2. The summed E-state index contributed by atoms with van der Waals surface area (Å²) in [4.78, 5) is 58.7. The Morgan fingerprint density at radius 3 is 2.65 bits per heavy atom. The molecule has 2 saturated heterocycles. The molecule has 0 spiro atoms. The molecular formula is C17H18N8O7S5. The number of anilines is 1. The van der Waals surface area contributed by atoms with Gasteiger partial charge in [-0.3, -0.25) is 19.2 Å². The van der Waals surface area contributed by atoms with E-state index in [1.54, 1.807) is 0 Å². The number of nitrogens with one attached hydrogen (secondary N) is 1. The van der Waals surface area contributed by atoms with Crippen molar-refractivity contribution >= 4 is 92.8 Å². The second-order valence-electron chi connectivity index (χ2n) is 7.59.